The molecule has 3 nitrogen and oxygen atoms in total. The number of nitrogens with two attached hydrogens (primary N) is 1. The summed E-state index contributed by atoms with van der Waals surface area (Å²) in [6.07, 6.45) is 2.22. The van der Waals surface area contributed by atoms with Gasteiger partial charge in [-0.05, 0) is 31.0 Å². The quantitative estimate of drug-likeness (QED) is 0.631. The smallest absolute Gasteiger partial charge is 0.165 e. The number of anilines is 1. The van der Waals surface area contributed by atoms with Crippen molar-refractivity contribution in [2.75, 3.05) is 12.3 Å². The molecule has 1 unspecified atom stereocenters. The highest BCUT2D eigenvalue weighted by Gasteiger charge is 2.20. The van der Waals surface area contributed by atoms with E-state index in [2.05, 4.69) is 0 Å². The summed E-state index contributed by atoms with van der Waals surface area (Å²) in [5.41, 5.74) is 5.77. The highest BCUT2D eigenvalue weighted by Crippen LogP contribution is 2.19. The second-order valence-electron chi connectivity index (χ2n) is 4.00. The number of ether oxygens (including phenoxy) is 1. The standard InChI is InChI=1S/C12H14FNO2/c13-10-6-8(3-4-11(10)14)12(15)7-9-2-1-5-16-9/h3-4,6,9H,1-2,5,7,14H2. The first-order valence-corrected chi connectivity index (χ1v) is 5.36. The molecule has 86 valence electrons. The number of halogens is 1. The van der Waals surface area contributed by atoms with Gasteiger partial charge in [-0.1, -0.05) is 0 Å². The second kappa shape index (κ2) is 4.61. The highest BCUT2D eigenvalue weighted by molar-refractivity contribution is 5.96. The van der Waals surface area contributed by atoms with Gasteiger partial charge in [0.05, 0.1) is 11.8 Å². The SMILES string of the molecule is Nc1ccc(C(=O)CC2CCCO2)cc1F. The molecule has 1 aromatic carbocycles. The molecule has 4 heteroatoms. The summed E-state index contributed by atoms with van der Waals surface area (Å²) in [6.45, 7) is 0.716. The predicted molar refractivity (Wildman–Crippen MR) is 58.7 cm³/mol. The van der Waals surface area contributed by atoms with E-state index in [-0.39, 0.29) is 17.6 Å². The summed E-state index contributed by atoms with van der Waals surface area (Å²) in [5.74, 6) is -0.635. The Bertz CT molecular complexity index is 400. The monoisotopic (exact) mass is 223 g/mol. The molecule has 1 saturated heterocycles. The molecule has 2 rings (SSSR count). The topological polar surface area (TPSA) is 52.3 Å². The highest BCUT2D eigenvalue weighted by atomic mass is 19.1. The molecule has 0 saturated carbocycles. The molecule has 1 aromatic rings. The second-order valence-corrected chi connectivity index (χ2v) is 4.00. The molecular weight excluding hydrogens is 209 g/mol. The van der Waals surface area contributed by atoms with Crippen molar-refractivity contribution >= 4 is 11.5 Å². The first-order chi connectivity index (χ1) is 7.66. The Hall–Kier alpha value is -1.42. The maximum absolute atomic E-state index is 13.1. The van der Waals surface area contributed by atoms with E-state index >= 15 is 0 Å². The van der Waals surface area contributed by atoms with E-state index in [0.717, 1.165) is 12.8 Å². The van der Waals surface area contributed by atoms with Crippen LogP contribution in [0.1, 0.15) is 29.6 Å². The number of hydrogen-bond donors (Lipinski definition) is 1. The lowest BCUT2D eigenvalue weighted by atomic mass is 10.0. The van der Waals surface area contributed by atoms with Gasteiger partial charge in [0.1, 0.15) is 5.82 Å². The number of carbonyl (C=O) groups excluding carboxylic acids is 1. The van der Waals surface area contributed by atoms with Crippen LogP contribution in [0, 0.1) is 5.82 Å². The summed E-state index contributed by atoms with van der Waals surface area (Å²) in [5, 5.41) is 0. The van der Waals surface area contributed by atoms with Crippen LogP contribution in [0.15, 0.2) is 18.2 Å². The zero-order chi connectivity index (χ0) is 11.5. The molecule has 0 amide bonds. The fraction of sp³-hybridized carbons (Fsp3) is 0.417. The zero-order valence-electron chi connectivity index (χ0n) is 8.91. The van der Waals surface area contributed by atoms with Crippen molar-refractivity contribution in [3.63, 3.8) is 0 Å². The van der Waals surface area contributed by atoms with Gasteiger partial charge in [0, 0.05) is 18.6 Å². The summed E-state index contributed by atoms with van der Waals surface area (Å²) >= 11 is 0. The first-order valence-electron chi connectivity index (χ1n) is 5.36. The molecule has 1 heterocycles. The summed E-state index contributed by atoms with van der Waals surface area (Å²) in [4.78, 5) is 11.8. The molecule has 1 aliphatic heterocycles. The van der Waals surface area contributed by atoms with Gasteiger partial charge in [-0.15, -0.1) is 0 Å². The number of carbonyl (C=O) groups is 1. The van der Waals surface area contributed by atoms with Crippen LogP contribution < -0.4 is 5.73 Å². The molecular formula is C12H14FNO2. The minimum atomic E-state index is -0.543. The molecule has 1 atom stereocenters. The molecule has 16 heavy (non-hydrogen) atoms. The molecule has 0 radical (unpaired) electrons. The van der Waals surface area contributed by atoms with Crippen molar-refractivity contribution in [2.24, 2.45) is 0 Å². The number of nitrogen functional groups attached to an aromatic ring is 1. The minimum absolute atomic E-state index is 0.00638. The van der Waals surface area contributed by atoms with Crippen LogP contribution >= 0.6 is 0 Å². The van der Waals surface area contributed by atoms with Crippen LogP contribution in [0.5, 0.6) is 0 Å². The summed E-state index contributed by atoms with van der Waals surface area (Å²) < 4.78 is 18.5. The normalized spacial score (nSPS) is 19.9. The molecule has 0 spiro atoms. The van der Waals surface area contributed by atoms with Crippen LogP contribution in [0.4, 0.5) is 10.1 Å². The molecule has 0 bridgehead atoms. The number of rotatable bonds is 3. The fourth-order valence-corrected chi connectivity index (χ4v) is 1.83. The largest absolute Gasteiger partial charge is 0.396 e. The molecule has 0 aromatic heterocycles. The van der Waals surface area contributed by atoms with Gasteiger partial charge in [0.15, 0.2) is 5.78 Å². The fourth-order valence-electron chi connectivity index (χ4n) is 1.83. The molecule has 1 aliphatic rings. The third-order valence-electron chi connectivity index (χ3n) is 2.76. The van der Waals surface area contributed by atoms with Crippen molar-refractivity contribution in [3.8, 4) is 0 Å². The average molecular weight is 223 g/mol. The van der Waals surface area contributed by atoms with Crippen molar-refractivity contribution in [1.82, 2.24) is 0 Å². The van der Waals surface area contributed by atoms with E-state index in [9.17, 15) is 9.18 Å². The maximum Gasteiger partial charge on any atom is 0.165 e. The van der Waals surface area contributed by atoms with Crippen molar-refractivity contribution in [3.05, 3.63) is 29.6 Å². The minimum Gasteiger partial charge on any atom is -0.396 e. The van der Waals surface area contributed by atoms with Gasteiger partial charge < -0.3 is 10.5 Å². The lowest BCUT2D eigenvalue weighted by Crippen LogP contribution is -2.12. The van der Waals surface area contributed by atoms with E-state index in [1.165, 1.54) is 12.1 Å². The van der Waals surface area contributed by atoms with Gasteiger partial charge in [-0.2, -0.15) is 0 Å². The number of ketones is 1. The lowest BCUT2D eigenvalue weighted by molar-refractivity contribution is 0.0775. The first kappa shape index (κ1) is 11.1. The van der Waals surface area contributed by atoms with Crippen LogP contribution in [0.25, 0.3) is 0 Å². The van der Waals surface area contributed by atoms with Crippen molar-refractivity contribution in [2.45, 2.75) is 25.4 Å². The van der Waals surface area contributed by atoms with Gasteiger partial charge in [-0.3, -0.25) is 4.79 Å². The zero-order valence-corrected chi connectivity index (χ0v) is 8.91. The van der Waals surface area contributed by atoms with Gasteiger partial charge >= 0.3 is 0 Å². The Balaban J connectivity index is 2.05. The van der Waals surface area contributed by atoms with Crippen molar-refractivity contribution < 1.29 is 13.9 Å². The summed E-state index contributed by atoms with van der Waals surface area (Å²) in [6, 6.07) is 4.15. The lowest BCUT2D eigenvalue weighted by Gasteiger charge is -2.08. The Morgan fingerprint density at radius 1 is 1.56 bits per heavy atom. The maximum atomic E-state index is 13.1. The predicted octanol–water partition coefficient (Wildman–Crippen LogP) is 2.16. The summed E-state index contributed by atoms with van der Waals surface area (Å²) in [7, 11) is 0. The van der Waals surface area contributed by atoms with Gasteiger partial charge in [0.2, 0.25) is 0 Å². The average Bonchev–Trinajstić information content (AvgIpc) is 2.74. The number of benzene rings is 1. The van der Waals surface area contributed by atoms with E-state index in [1.807, 2.05) is 0 Å². The van der Waals surface area contributed by atoms with Crippen molar-refractivity contribution in [1.29, 1.82) is 0 Å². The number of Topliss-reactive ketones (excluding diaryl/α,β-unsaturated/α-hetero) is 1. The van der Waals surface area contributed by atoms with E-state index in [0.29, 0.717) is 18.6 Å². The Kier molecular flexibility index (Phi) is 3.19. The molecule has 0 aliphatic carbocycles. The van der Waals surface area contributed by atoms with Crippen LogP contribution in [0.2, 0.25) is 0 Å². The van der Waals surface area contributed by atoms with Crippen LogP contribution in [-0.2, 0) is 4.74 Å². The molecule has 2 N–H and O–H groups in total. The Labute approximate surface area is 93.4 Å². The number of hydrogen-bond acceptors (Lipinski definition) is 3. The van der Waals surface area contributed by atoms with Crippen LogP contribution in [0.3, 0.4) is 0 Å². The van der Waals surface area contributed by atoms with E-state index in [1.54, 1.807) is 6.07 Å². The van der Waals surface area contributed by atoms with Crippen LogP contribution in [-0.4, -0.2) is 18.5 Å². The Morgan fingerprint density at radius 2 is 2.38 bits per heavy atom. The third-order valence-corrected chi connectivity index (χ3v) is 2.76. The van der Waals surface area contributed by atoms with Gasteiger partial charge in [-0.25, -0.2) is 4.39 Å². The Morgan fingerprint density at radius 3 is 3.00 bits per heavy atom. The van der Waals surface area contributed by atoms with Gasteiger partial charge in [0.25, 0.3) is 0 Å². The molecule has 1 fully saturated rings. The van der Waals surface area contributed by atoms with E-state index in [4.69, 9.17) is 10.5 Å². The van der Waals surface area contributed by atoms with E-state index < -0.39 is 5.82 Å². The third kappa shape index (κ3) is 2.39.